The third-order valence-electron chi connectivity index (χ3n) is 9.33. The van der Waals surface area contributed by atoms with Crippen LogP contribution >= 0.6 is 23.2 Å². The van der Waals surface area contributed by atoms with E-state index in [1.165, 1.54) is 12.1 Å². The van der Waals surface area contributed by atoms with Crippen molar-refractivity contribution in [2.45, 2.75) is 41.3 Å². The molecule has 2 heterocycles. The molecular formula is C32H29Cl2FN2O8. The number of aliphatic hydroxyl groups excluding tert-OH is 1. The number of carbonyl (C=O) groups excluding carboxylic acids is 4. The minimum Gasteiger partial charge on any atom is -0.491 e. The van der Waals surface area contributed by atoms with Crippen LogP contribution in [0, 0.1) is 23.6 Å². The van der Waals surface area contributed by atoms with Gasteiger partial charge in [-0.05, 0) is 67.1 Å². The fourth-order valence-electron chi connectivity index (χ4n) is 7.37. The number of carbonyl (C=O) groups is 5. The molecule has 6 rings (SSSR count). The fraction of sp³-hybridized carbons (Fsp3) is 0.406. The summed E-state index contributed by atoms with van der Waals surface area (Å²) in [6.45, 7) is -0.196. The van der Waals surface area contributed by atoms with Crippen molar-refractivity contribution in [3.05, 3.63) is 71.6 Å². The number of aliphatic hydroxyl groups is 1. The van der Waals surface area contributed by atoms with Gasteiger partial charge in [-0.25, -0.2) is 9.29 Å². The first-order chi connectivity index (χ1) is 21.4. The number of hydrogen-bond donors (Lipinski definition) is 2. The first kappa shape index (κ1) is 31.2. The number of anilines is 1. The van der Waals surface area contributed by atoms with E-state index in [9.17, 15) is 28.4 Å². The summed E-state index contributed by atoms with van der Waals surface area (Å²) < 4.78 is 19.3. The van der Waals surface area contributed by atoms with E-state index in [1.54, 1.807) is 30.3 Å². The molecule has 2 aliphatic carbocycles. The number of hydrogen-bond acceptors (Lipinski definition) is 7. The maximum absolute atomic E-state index is 14.3. The summed E-state index contributed by atoms with van der Waals surface area (Å²) in [4.78, 5) is 64.7. The SMILES string of the molecule is O=C(O)CCCN1C(=O)[C@H]2[C@H](CC=C3[C@H]2C[C@@]2(Cl)C(=O)N(c4ccc(F)cc4)C(=O)[C@@]2(Cl)[C@H]3c2ccc(OCCO)cc2)C1=O. The molecule has 4 amide bonds. The molecule has 1 saturated carbocycles. The van der Waals surface area contributed by atoms with Crippen LogP contribution in [0.15, 0.2) is 60.2 Å². The van der Waals surface area contributed by atoms with E-state index in [1.807, 2.05) is 0 Å². The van der Waals surface area contributed by atoms with E-state index in [0.717, 1.165) is 21.9 Å². The van der Waals surface area contributed by atoms with Crippen LogP contribution in [-0.4, -0.2) is 74.2 Å². The summed E-state index contributed by atoms with van der Waals surface area (Å²) >= 11 is 14.6. The van der Waals surface area contributed by atoms with Crippen molar-refractivity contribution >= 4 is 58.5 Å². The lowest BCUT2D eigenvalue weighted by molar-refractivity contribution is -0.142. The van der Waals surface area contributed by atoms with E-state index in [-0.39, 0.29) is 51.1 Å². The quantitative estimate of drug-likeness (QED) is 0.236. The average Bonchev–Trinajstić information content (AvgIpc) is 3.34. The minimum absolute atomic E-state index is 0.0566. The number of carboxylic acids is 1. The lowest BCUT2D eigenvalue weighted by Gasteiger charge is -2.50. The molecule has 0 bridgehead atoms. The Morgan fingerprint density at radius 3 is 2.31 bits per heavy atom. The molecule has 2 saturated heterocycles. The number of imide groups is 2. The first-order valence-electron chi connectivity index (χ1n) is 14.6. The van der Waals surface area contributed by atoms with Crippen LogP contribution in [-0.2, 0) is 24.0 Å². The first-order valence-corrected chi connectivity index (χ1v) is 15.3. The monoisotopic (exact) mass is 658 g/mol. The molecule has 3 fully saturated rings. The van der Waals surface area contributed by atoms with Gasteiger partial charge in [0.15, 0.2) is 9.75 Å². The van der Waals surface area contributed by atoms with Gasteiger partial charge in [0.25, 0.3) is 11.8 Å². The van der Waals surface area contributed by atoms with Crippen LogP contribution in [0.5, 0.6) is 5.75 Å². The number of fused-ring (bicyclic) bond motifs is 4. The highest BCUT2D eigenvalue weighted by Crippen LogP contribution is 2.65. The number of rotatable bonds is 9. The molecule has 4 aliphatic rings. The number of alkyl halides is 2. The van der Waals surface area contributed by atoms with Gasteiger partial charge in [-0.2, -0.15) is 0 Å². The second-order valence-corrected chi connectivity index (χ2v) is 13.0. The van der Waals surface area contributed by atoms with Crippen molar-refractivity contribution in [1.29, 1.82) is 0 Å². The molecule has 6 atom stereocenters. The number of aliphatic carboxylic acids is 1. The van der Waals surface area contributed by atoms with Gasteiger partial charge in [0.2, 0.25) is 11.8 Å². The Kier molecular flexibility index (Phi) is 7.99. The van der Waals surface area contributed by atoms with Crippen LogP contribution in [0.25, 0.3) is 0 Å². The molecule has 45 heavy (non-hydrogen) atoms. The maximum atomic E-state index is 14.3. The zero-order valence-electron chi connectivity index (χ0n) is 23.8. The topological polar surface area (TPSA) is 142 Å². The van der Waals surface area contributed by atoms with Gasteiger partial charge < -0.3 is 14.9 Å². The third kappa shape index (κ3) is 4.74. The molecule has 2 aromatic carbocycles. The van der Waals surface area contributed by atoms with Crippen molar-refractivity contribution in [1.82, 2.24) is 4.90 Å². The highest BCUT2D eigenvalue weighted by Gasteiger charge is 2.76. The summed E-state index contributed by atoms with van der Waals surface area (Å²) in [5.74, 6) is -7.07. The Labute approximate surface area is 267 Å². The van der Waals surface area contributed by atoms with Gasteiger partial charge in [-0.1, -0.05) is 23.8 Å². The molecule has 13 heteroatoms. The average molecular weight is 659 g/mol. The Morgan fingerprint density at radius 2 is 1.67 bits per heavy atom. The molecular weight excluding hydrogens is 630 g/mol. The fourth-order valence-corrected chi connectivity index (χ4v) is 8.30. The van der Waals surface area contributed by atoms with E-state index in [4.69, 9.17) is 38.2 Å². The largest absolute Gasteiger partial charge is 0.491 e. The lowest BCUT2D eigenvalue weighted by atomic mass is 9.56. The standard InChI is InChI=1S/C32H29Cl2FN2O8/c33-31-16-23-21(11-12-22-25(23)28(42)36(27(22)41)13-1-2-24(39)40)26(17-3-9-20(10-4-17)45-15-14-38)32(31,34)30(44)37(29(31)43)19-7-5-18(35)6-8-19/h3-11,22-23,25-26,38H,1-2,12-16H2,(H,39,40)/t22-,23+,25-,26-,31+,32-/m0/s1. The van der Waals surface area contributed by atoms with Crippen LogP contribution in [0.3, 0.4) is 0 Å². The normalized spacial score (nSPS) is 30.6. The van der Waals surface area contributed by atoms with E-state index >= 15 is 0 Å². The summed E-state index contributed by atoms with van der Waals surface area (Å²) in [5.41, 5.74) is 1.19. The molecule has 2 N–H and O–H groups in total. The molecule has 236 valence electrons. The smallest absolute Gasteiger partial charge is 0.303 e. The summed E-state index contributed by atoms with van der Waals surface area (Å²) in [7, 11) is 0. The highest BCUT2D eigenvalue weighted by atomic mass is 35.5. The second-order valence-electron chi connectivity index (χ2n) is 11.7. The van der Waals surface area contributed by atoms with Gasteiger partial charge in [0.05, 0.1) is 24.1 Å². The van der Waals surface area contributed by atoms with Gasteiger partial charge in [-0.3, -0.25) is 28.9 Å². The lowest BCUT2D eigenvalue weighted by Crippen LogP contribution is -2.60. The predicted octanol–water partition coefficient (Wildman–Crippen LogP) is 3.63. The van der Waals surface area contributed by atoms with Gasteiger partial charge in [-0.15, -0.1) is 23.2 Å². The highest BCUT2D eigenvalue weighted by molar-refractivity contribution is 6.58. The van der Waals surface area contributed by atoms with Gasteiger partial charge >= 0.3 is 5.97 Å². The Morgan fingerprint density at radius 1 is 0.978 bits per heavy atom. The zero-order valence-corrected chi connectivity index (χ0v) is 25.3. The van der Waals surface area contributed by atoms with Crippen LogP contribution in [0.1, 0.15) is 37.2 Å². The van der Waals surface area contributed by atoms with Crippen molar-refractivity contribution in [3.63, 3.8) is 0 Å². The van der Waals surface area contributed by atoms with Crippen LogP contribution in [0.4, 0.5) is 10.1 Å². The predicted molar refractivity (Wildman–Crippen MR) is 159 cm³/mol. The van der Waals surface area contributed by atoms with Crippen LogP contribution < -0.4 is 9.64 Å². The van der Waals surface area contributed by atoms with Crippen molar-refractivity contribution < 1.29 is 43.3 Å². The number of carboxylic acid groups (broad SMARTS) is 1. The van der Waals surface area contributed by atoms with Crippen LogP contribution in [0.2, 0.25) is 0 Å². The van der Waals surface area contributed by atoms with Gasteiger partial charge in [0.1, 0.15) is 18.2 Å². The number of benzene rings is 2. The van der Waals surface area contributed by atoms with E-state index in [2.05, 4.69) is 0 Å². The number of amides is 4. The number of likely N-dealkylation sites (tertiary alicyclic amines) is 1. The van der Waals surface area contributed by atoms with E-state index < -0.39 is 68.8 Å². The second kappa shape index (κ2) is 11.5. The van der Waals surface area contributed by atoms with Gasteiger partial charge in [0, 0.05) is 18.9 Å². The molecule has 0 spiro atoms. The van der Waals surface area contributed by atoms with Crippen molar-refractivity contribution in [3.8, 4) is 5.75 Å². The Bertz CT molecular complexity index is 1620. The third-order valence-corrected chi connectivity index (χ3v) is 10.7. The molecule has 0 aromatic heterocycles. The van der Waals surface area contributed by atoms with Crippen molar-refractivity contribution in [2.24, 2.45) is 17.8 Å². The van der Waals surface area contributed by atoms with Crippen molar-refractivity contribution in [2.75, 3.05) is 24.7 Å². The molecule has 10 nitrogen and oxygen atoms in total. The summed E-state index contributed by atoms with van der Waals surface area (Å²) in [6, 6.07) is 11.4. The summed E-state index contributed by atoms with van der Waals surface area (Å²) in [5, 5.41) is 18.2. The Balaban J connectivity index is 1.45. The van der Waals surface area contributed by atoms with E-state index in [0.29, 0.717) is 16.9 Å². The Hall–Kier alpha value is -3.80. The summed E-state index contributed by atoms with van der Waals surface area (Å²) in [6.07, 6.45) is 1.64. The molecule has 0 unspecified atom stereocenters. The molecule has 0 radical (unpaired) electrons. The number of halogens is 3. The maximum Gasteiger partial charge on any atom is 0.303 e. The minimum atomic E-state index is -2.06. The molecule has 2 aliphatic heterocycles. The zero-order chi connectivity index (χ0) is 32.3. The number of nitrogens with zero attached hydrogens (tertiary/aromatic N) is 2. The number of ether oxygens (including phenoxy) is 1. The molecule has 2 aromatic rings. The number of allylic oxidation sites excluding steroid dienone is 2.